The predicted octanol–water partition coefficient (Wildman–Crippen LogP) is 4.56. The average molecular weight is 208 g/mol. The molecule has 16 heavy (non-hydrogen) atoms. The van der Waals surface area contributed by atoms with E-state index in [1.165, 1.54) is 22.3 Å². The van der Waals surface area contributed by atoms with Crippen molar-refractivity contribution in [3.63, 3.8) is 0 Å². The summed E-state index contributed by atoms with van der Waals surface area (Å²) in [5, 5.41) is 0. The van der Waals surface area contributed by atoms with Crippen LogP contribution in [-0.4, -0.2) is 0 Å². The molecule has 0 spiro atoms. The van der Waals surface area contributed by atoms with Gasteiger partial charge in [0.15, 0.2) is 0 Å². The van der Waals surface area contributed by atoms with Crippen molar-refractivity contribution in [3.05, 3.63) is 66.2 Å². The van der Waals surface area contributed by atoms with Crippen LogP contribution in [0.15, 0.2) is 55.1 Å². The summed E-state index contributed by atoms with van der Waals surface area (Å²) in [7, 11) is 0. The van der Waals surface area contributed by atoms with Crippen molar-refractivity contribution in [1.82, 2.24) is 0 Å². The van der Waals surface area contributed by atoms with E-state index in [1.807, 2.05) is 6.08 Å². The lowest BCUT2D eigenvalue weighted by Gasteiger charge is -2.05. The van der Waals surface area contributed by atoms with Crippen molar-refractivity contribution < 1.29 is 0 Å². The fraction of sp³-hybridized carbons (Fsp3) is 0.125. The smallest absolute Gasteiger partial charge is 0.0178 e. The van der Waals surface area contributed by atoms with Crippen LogP contribution in [0.2, 0.25) is 0 Å². The molecule has 0 nitrogen and oxygen atoms in total. The van der Waals surface area contributed by atoms with E-state index in [1.54, 1.807) is 0 Å². The van der Waals surface area contributed by atoms with Crippen LogP contribution in [0.5, 0.6) is 0 Å². The molecule has 0 bridgehead atoms. The van der Waals surface area contributed by atoms with E-state index >= 15 is 0 Å². The van der Waals surface area contributed by atoms with E-state index < -0.39 is 0 Å². The SMILES string of the molecule is C=Cc1cccc(-c2cccc(CC)c2)c1. The molecule has 0 aromatic heterocycles. The summed E-state index contributed by atoms with van der Waals surface area (Å²) in [5.41, 5.74) is 5.08. The van der Waals surface area contributed by atoms with Gasteiger partial charge in [-0.15, -0.1) is 0 Å². The van der Waals surface area contributed by atoms with Gasteiger partial charge in [-0.1, -0.05) is 62.0 Å². The molecule has 2 rings (SSSR count). The van der Waals surface area contributed by atoms with Crippen molar-refractivity contribution in [2.75, 3.05) is 0 Å². The largest absolute Gasteiger partial charge is 0.0985 e. The molecule has 0 aliphatic carbocycles. The van der Waals surface area contributed by atoms with Crippen molar-refractivity contribution in [1.29, 1.82) is 0 Å². The van der Waals surface area contributed by atoms with Crippen molar-refractivity contribution in [2.45, 2.75) is 13.3 Å². The predicted molar refractivity (Wildman–Crippen MR) is 71.3 cm³/mol. The quantitative estimate of drug-likeness (QED) is 0.693. The Hall–Kier alpha value is -1.82. The van der Waals surface area contributed by atoms with Gasteiger partial charge in [-0.2, -0.15) is 0 Å². The van der Waals surface area contributed by atoms with Gasteiger partial charge in [0.25, 0.3) is 0 Å². The molecular weight excluding hydrogens is 192 g/mol. The summed E-state index contributed by atoms with van der Waals surface area (Å²) in [6.45, 7) is 5.98. The summed E-state index contributed by atoms with van der Waals surface area (Å²) in [5.74, 6) is 0. The zero-order valence-electron chi connectivity index (χ0n) is 9.61. The number of benzene rings is 2. The van der Waals surface area contributed by atoms with Gasteiger partial charge < -0.3 is 0 Å². The lowest BCUT2D eigenvalue weighted by Crippen LogP contribution is -1.83. The van der Waals surface area contributed by atoms with Gasteiger partial charge >= 0.3 is 0 Å². The van der Waals surface area contributed by atoms with Crippen LogP contribution in [0.25, 0.3) is 17.2 Å². The van der Waals surface area contributed by atoms with Crippen LogP contribution >= 0.6 is 0 Å². The number of aryl methyl sites for hydroxylation is 1. The van der Waals surface area contributed by atoms with Crippen molar-refractivity contribution >= 4 is 6.08 Å². The summed E-state index contributed by atoms with van der Waals surface area (Å²) < 4.78 is 0. The molecule has 2 aromatic rings. The van der Waals surface area contributed by atoms with Crippen LogP contribution < -0.4 is 0 Å². The minimum absolute atomic E-state index is 1.08. The van der Waals surface area contributed by atoms with E-state index in [2.05, 4.69) is 62.0 Å². The van der Waals surface area contributed by atoms with Crippen LogP contribution in [0.1, 0.15) is 18.1 Å². The fourth-order valence-electron chi connectivity index (χ4n) is 1.82. The minimum Gasteiger partial charge on any atom is -0.0985 e. The first-order valence-corrected chi connectivity index (χ1v) is 5.65. The Morgan fingerprint density at radius 1 is 1.00 bits per heavy atom. The first-order chi connectivity index (χ1) is 7.83. The van der Waals surface area contributed by atoms with Crippen LogP contribution in [-0.2, 0) is 6.42 Å². The molecule has 0 saturated heterocycles. The molecule has 0 unspecified atom stereocenters. The Balaban J connectivity index is 2.45. The minimum atomic E-state index is 1.08. The second-order valence-electron chi connectivity index (χ2n) is 3.88. The van der Waals surface area contributed by atoms with Gasteiger partial charge in [-0.25, -0.2) is 0 Å². The van der Waals surface area contributed by atoms with E-state index in [4.69, 9.17) is 0 Å². The highest BCUT2D eigenvalue weighted by Gasteiger charge is 1.98. The second kappa shape index (κ2) is 4.80. The summed E-state index contributed by atoms with van der Waals surface area (Å²) in [6.07, 6.45) is 2.96. The Bertz CT molecular complexity index is 495. The van der Waals surface area contributed by atoms with E-state index in [0.717, 1.165) is 6.42 Å². The normalized spacial score (nSPS) is 10.1. The van der Waals surface area contributed by atoms with Crippen LogP contribution in [0.4, 0.5) is 0 Å². The average Bonchev–Trinajstić information content (AvgIpc) is 2.39. The Morgan fingerprint density at radius 3 is 2.38 bits per heavy atom. The molecular formula is C16H16. The molecule has 0 saturated carbocycles. The molecule has 0 heterocycles. The number of hydrogen-bond donors (Lipinski definition) is 0. The van der Waals surface area contributed by atoms with Crippen LogP contribution in [0.3, 0.4) is 0 Å². The van der Waals surface area contributed by atoms with Crippen LogP contribution in [0, 0.1) is 0 Å². The Kier molecular flexibility index (Phi) is 3.21. The van der Waals surface area contributed by atoms with Gasteiger partial charge in [0.05, 0.1) is 0 Å². The van der Waals surface area contributed by atoms with E-state index in [-0.39, 0.29) is 0 Å². The first kappa shape index (κ1) is 10.7. The van der Waals surface area contributed by atoms with E-state index in [9.17, 15) is 0 Å². The number of rotatable bonds is 3. The highest BCUT2D eigenvalue weighted by molar-refractivity contribution is 5.67. The monoisotopic (exact) mass is 208 g/mol. The molecule has 0 heteroatoms. The maximum absolute atomic E-state index is 3.80. The first-order valence-electron chi connectivity index (χ1n) is 5.65. The molecule has 0 radical (unpaired) electrons. The number of hydrogen-bond acceptors (Lipinski definition) is 0. The highest BCUT2D eigenvalue weighted by atomic mass is 14.0. The third-order valence-electron chi connectivity index (χ3n) is 2.79. The van der Waals surface area contributed by atoms with Crippen molar-refractivity contribution in [3.8, 4) is 11.1 Å². The van der Waals surface area contributed by atoms with Gasteiger partial charge in [0.2, 0.25) is 0 Å². The summed E-state index contributed by atoms with van der Waals surface area (Å²) in [4.78, 5) is 0. The van der Waals surface area contributed by atoms with E-state index in [0.29, 0.717) is 0 Å². The van der Waals surface area contributed by atoms with Gasteiger partial charge in [0, 0.05) is 0 Å². The standard InChI is InChI=1S/C16H16/c1-3-13-7-5-9-15(11-13)16-10-6-8-14(4-2)12-16/h3,5-12H,1,4H2,2H3. The lowest BCUT2D eigenvalue weighted by molar-refractivity contribution is 1.14. The second-order valence-corrected chi connectivity index (χ2v) is 3.88. The maximum atomic E-state index is 3.80. The lowest BCUT2D eigenvalue weighted by atomic mass is 10.0. The molecule has 80 valence electrons. The molecule has 2 aromatic carbocycles. The third-order valence-corrected chi connectivity index (χ3v) is 2.79. The van der Waals surface area contributed by atoms with Gasteiger partial charge in [-0.05, 0) is 34.7 Å². The van der Waals surface area contributed by atoms with Gasteiger partial charge in [-0.3, -0.25) is 0 Å². The molecule has 0 aliphatic heterocycles. The Labute approximate surface area is 97.3 Å². The molecule has 0 N–H and O–H groups in total. The summed E-state index contributed by atoms with van der Waals surface area (Å²) in [6, 6.07) is 17.1. The third kappa shape index (κ3) is 2.22. The molecule has 0 amide bonds. The maximum Gasteiger partial charge on any atom is -0.0178 e. The zero-order chi connectivity index (χ0) is 11.4. The zero-order valence-corrected chi connectivity index (χ0v) is 9.61. The topological polar surface area (TPSA) is 0 Å². The molecule has 0 fully saturated rings. The fourth-order valence-corrected chi connectivity index (χ4v) is 1.82. The molecule has 0 atom stereocenters. The highest BCUT2D eigenvalue weighted by Crippen LogP contribution is 2.22. The van der Waals surface area contributed by atoms with Gasteiger partial charge in [0.1, 0.15) is 0 Å². The van der Waals surface area contributed by atoms with Crippen molar-refractivity contribution in [2.24, 2.45) is 0 Å². The Morgan fingerprint density at radius 2 is 1.69 bits per heavy atom. The molecule has 0 aliphatic rings. The summed E-state index contributed by atoms with van der Waals surface area (Å²) >= 11 is 0.